The van der Waals surface area contributed by atoms with Gasteiger partial charge in [-0.3, -0.25) is 0 Å². The molecule has 0 saturated carbocycles. The molecule has 0 rings (SSSR count). The second-order valence-corrected chi connectivity index (χ2v) is 6.96. The van der Waals surface area contributed by atoms with E-state index < -0.39 is 0 Å². The molecule has 0 saturated heterocycles. The van der Waals surface area contributed by atoms with E-state index in [1.54, 1.807) is 14.9 Å². The Hall–Kier alpha value is 0.289. The average Bonchev–Trinajstić information content (AvgIpc) is 2.06. The Morgan fingerprint density at radius 2 is 1.42 bits per heavy atom. The number of rotatable bonds is 6. The second kappa shape index (κ2) is 17.4. The van der Waals surface area contributed by atoms with Gasteiger partial charge < -0.3 is 0 Å². The van der Waals surface area contributed by atoms with Gasteiger partial charge in [-0.15, -0.1) is 0 Å². The van der Waals surface area contributed by atoms with Gasteiger partial charge in [0.25, 0.3) is 0 Å². The monoisotopic (exact) mass is 275 g/mol. The first-order valence-electron chi connectivity index (χ1n) is 4.84. The minimum atomic E-state index is 0.149. The van der Waals surface area contributed by atoms with E-state index in [-0.39, 0.29) is 21.1 Å². The van der Waals surface area contributed by atoms with E-state index in [1.807, 2.05) is 0 Å². The van der Waals surface area contributed by atoms with Gasteiger partial charge in [0, 0.05) is 6.92 Å². The Kier molecular flexibility index (Phi) is 21.4. The first-order valence-corrected chi connectivity index (χ1v) is 8.88. The molecule has 0 fully saturated rings. The molecule has 70 valence electrons. The number of nitrogens with zero attached hydrogens (tertiary/aromatic N) is 1. The fourth-order valence-electron chi connectivity index (χ4n) is 0.729. The van der Waals surface area contributed by atoms with Gasteiger partial charge in [-0.25, -0.2) is 0 Å². The molecule has 0 aliphatic rings. The van der Waals surface area contributed by atoms with Crippen LogP contribution in [0.15, 0.2) is 0 Å². The molecule has 0 N–H and O–H groups in total. The van der Waals surface area contributed by atoms with E-state index in [2.05, 4.69) is 13.8 Å². The van der Waals surface area contributed by atoms with E-state index in [0.717, 1.165) is 0 Å². The van der Waals surface area contributed by atoms with Crippen LogP contribution in [0.4, 0.5) is 0 Å². The first-order chi connectivity index (χ1) is 5.83. The van der Waals surface area contributed by atoms with Crippen molar-refractivity contribution < 1.29 is 0 Å². The summed E-state index contributed by atoms with van der Waals surface area (Å²) >= 11 is 0.149. The van der Waals surface area contributed by atoms with E-state index in [1.165, 1.54) is 32.6 Å². The Morgan fingerprint density at radius 3 is 1.67 bits per heavy atom. The van der Waals surface area contributed by atoms with Crippen molar-refractivity contribution >= 4 is 21.1 Å². The summed E-state index contributed by atoms with van der Waals surface area (Å²) in [7, 11) is 0. The molecular formula is C10H21NSn. The third kappa shape index (κ3) is 22.4. The Bertz CT molecular complexity index is 90.5. The van der Waals surface area contributed by atoms with Gasteiger partial charge in [-0.05, 0) is 0 Å². The van der Waals surface area contributed by atoms with Crippen molar-refractivity contribution in [1.29, 1.82) is 5.26 Å². The molecule has 0 aromatic rings. The molecule has 0 bridgehead atoms. The van der Waals surface area contributed by atoms with Crippen LogP contribution in [0.25, 0.3) is 0 Å². The summed E-state index contributed by atoms with van der Waals surface area (Å²) in [5.41, 5.74) is 0. The molecule has 0 unspecified atom stereocenters. The van der Waals surface area contributed by atoms with Crippen LogP contribution >= 0.6 is 0 Å². The van der Waals surface area contributed by atoms with Gasteiger partial charge in [0.15, 0.2) is 0 Å². The van der Waals surface area contributed by atoms with E-state index in [0.29, 0.717) is 0 Å². The molecular weight excluding hydrogens is 253 g/mol. The van der Waals surface area contributed by atoms with Crippen LogP contribution in [-0.4, -0.2) is 21.1 Å². The molecule has 0 amide bonds. The van der Waals surface area contributed by atoms with Crippen LogP contribution in [0, 0.1) is 11.3 Å². The predicted molar refractivity (Wildman–Crippen MR) is 56.5 cm³/mol. The standard InChI is InChI=1S/2C4H9.C2H3N.Sn/c2*1-3-4-2;1-2-3;/h2*1,3-4H2,2H3;1H3;. The van der Waals surface area contributed by atoms with Crippen molar-refractivity contribution in [1.82, 2.24) is 0 Å². The van der Waals surface area contributed by atoms with Crippen LogP contribution in [0.2, 0.25) is 8.87 Å². The Morgan fingerprint density at radius 1 is 1.08 bits per heavy atom. The maximum absolute atomic E-state index is 7.32. The normalized spacial score (nSPS) is 8.17. The van der Waals surface area contributed by atoms with Crippen molar-refractivity contribution in [2.24, 2.45) is 0 Å². The third-order valence-corrected chi connectivity index (χ3v) is 5.45. The zero-order valence-electron chi connectivity index (χ0n) is 8.69. The van der Waals surface area contributed by atoms with Crippen LogP contribution in [-0.2, 0) is 0 Å². The van der Waals surface area contributed by atoms with Crippen molar-refractivity contribution in [3.8, 4) is 6.07 Å². The van der Waals surface area contributed by atoms with Crippen LogP contribution < -0.4 is 0 Å². The number of hydrogen-bond acceptors (Lipinski definition) is 1. The number of unbranched alkanes of at least 4 members (excludes halogenated alkanes) is 2. The maximum atomic E-state index is 7.32. The molecule has 1 nitrogen and oxygen atoms in total. The summed E-state index contributed by atoms with van der Waals surface area (Å²) in [4.78, 5) is 0. The van der Waals surface area contributed by atoms with Crippen molar-refractivity contribution in [3.05, 3.63) is 0 Å². The predicted octanol–water partition coefficient (Wildman–Crippen LogP) is 3.66. The molecule has 0 spiro atoms. The molecule has 0 aromatic heterocycles. The van der Waals surface area contributed by atoms with E-state index in [4.69, 9.17) is 5.26 Å². The van der Waals surface area contributed by atoms with Crippen LogP contribution in [0.1, 0.15) is 46.5 Å². The molecule has 0 aliphatic heterocycles. The molecule has 0 heterocycles. The number of hydrogen-bond donors (Lipinski definition) is 0. The van der Waals surface area contributed by atoms with Gasteiger partial charge in [-0.1, -0.05) is 0 Å². The summed E-state index contributed by atoms with van der Waals surface area (Å²) in [6, 6.07) is 1.75. The fraction of sp³-hybridized carbons (Fsp3) is 0.900. The number of nitriles is 1. The summed E-state index contributed by atoms with van der Waals surface area (Å²) < 4.78 is 3.25. The SMILES string of the molecule is CC#N.CCC[CH2][Sn][CH2]CCC. The molecule has 12 heavy (non-hydrogen) atoms. The minimum absolute atomic E-state index is 0.149. The molecule has 0 atom stereocenters. The summed E-state index contributed by atoms with van der Waals surface area (Å²) in [5, 5.41) is 7.32. The first kappa shape index (κ1) is 14.8. The molecule has 2 heteroatoms. The summed E-state index contributed by atoms with van der Waals surface area (Å²) in [5.74, 6) is 0. The Labute approximate surface area is 87.8 Å². The van der Waals surface area contributed by atoms with E-state index >= 15 is 0 Å². The zero-order chi connectivity index (χ0) is 9.66. The Balaban J connectivity index is 0. The average molecular weight is 274 g/mol. The van der Waals surface area contributed by atoms with Gasteiger partial charge in [0.2, 0.25) is 0 Å². The van der Waals surface area contributed by atoms with Crippen molar-refractivity contribution in [3.63, 3.8) is 0 Å². The molecule has 2 radical (unpaired) electrons. The van der Waals surface area contributed by atoms with Gasteiger partial charge in [0.05, 0.1) is 6.07 Å². The molecule has 0 aromatic carbocycles. The van der Waals surface area contributed by atoms with Gasteiger partial charge in [0.1, 0.15) is 0 Å². The summed E-state index contributed by atoms with van der Waals surface area (Å²) in [6.45, 7) is 6.01. The quantitative estimate of drug-likeness (QED) is 0.535. The van der Waals surface area contributed by atoms with Gasteiger partial charge in [-0.2, -0.15) is 5.26 Å². The zero-order valence-corrected chi connectivity index (χ0v) is 11.5. The second-order valence-electron chi connectivity index (χ2n) is 2.68. The topological polar surface area (TPSA) is 23.8 Å². The third-order valence-electron chi connectivity index (χ3n) is 1.41. The van der Waals surface area contributed by atoms with Crippen molar-refractivity contribution in [2.75, 3.05) is 0 Å². The van der Waals surface area contributed by atoms with Gasteiger partial charge >= 0.3 is 69.5 Å². The van der Waals surface area contributed by atoms with Crippen molar-refractivity contribution in [2.45, 2.75) is 55.3 Å². The molecule has 0 aliphatic carbocycles. The fourth-order valence-corrected chi connectivity index (χ4v) is 4.89. The van der Waals surface area contributed by atoms with Crippen LogP contribution in [0.3, 0.4) is 0 Å². The van der Waals surface area contributed by atoms with Crippen LogP contribution in [0.5, 0.6) is 0 Å². The summed E-state index contributed by atoms with van der Waals surface area (Å²) in [6.07, 6.45) is 5.84. The van der Waals surface area contributed by atoms with E-state index in [9.17, 15) is 0 Å².